The van der Waals surface area contributed by atoms with E-state index in [2.05, 4.69) is 58.2 Å². The maximum absolute atomic E-state index is 13.6. The second-order valence-electron chi connectivity index (χ2n) is 9.47. The Balaban J connectivity index is 1.45. The van der Waals surface area contributed by atoms with Gasteiger partial charge in [-0.2, -0.15) is 4.98 Å². The van der Waals surface area contributed by atoms with Crippen LogP contribution in [0, 0.1) is 0 Å². The number of nitrogens with zero attached hydrogens (tertiary/aromatic N) is 6. The summed E-state index contributed by atoms with van der Waals surface area (Å²) in [5.41, 5.74) is 3.94. The molecule has 1 aliphatic rings. The standard InChI is InChI=1S/C26H23Cl2N7O/c1-26(2)18-8-7-16(13-15(18)9-11-33(26)3)31-24-30-14-17-22(32-24)34-12-10-29-25(34)35(23(17)36)21-19(27)5-4-6-20(21)28/h4-8,10,12-14H,9,11H2,1-3H3,(H,30,31,32). The van der Waals surface area contributed by atoms with Crippen LogP contribution in [-0.4, -0.2) is 42.4 Å². The van der Waals surface area contributed by atoms with E-state index < -0.39 is 0 Å². The first-order valence-corrected chi connectivity index (χ1v) is 12.3. The number of halogens is 2. The third-order valence-electron chi connectivity index (χ3n) is 7.10. The number of anilines is 2. The van der Waals surface area contributed by atoms with Gasteiger partial charge in [-0.15, -0.1) is 0 Å². The van der Waals surface area contributed by atoms with Gasteiger partial charge in [-0.25, -0.2) is 14.5 Å². The number of para-hydroxylation sites is 1. The summed E-state index contributed by atoms with van der Waals surface area (Å²) in [5, 5.41) is 4.31. The average Bonchev–Trinajstić information content (AvgIpc) is 3.33. The summed E-state index contributed by atoms with van der Waals surface area (Å²) in [6.45, 7) is 5.48. The molecule has 0 atom stereocenters. The molecule has 0 saturated carbocycles. The van der Waals surface area contributed by atoms with Gasteiger partial charge in [-0.1, -0.05) is 35.3 Å². The van der Waals surface area contributed by atoms with Crippen LogP contribution >= 0.6 is 23.2 Å². The lowest BCUT2D eigenvalue weighted by molar-refractivity contribution is 0.143. The molecule has 182 valence electrons. The summed E-state index contributed by atoms with van der Waals surface area (Å²) in [6, 6.07) is 11.4. The molecule has 4 heterocycles. The molecular weight excluding hydrogens is 497 g/mol. The molecule has 0 amide bonds. The number of fused-ring (bicyclic) bond motifs is 4. The SMILES string of the molecule is CN1CCc2cc(Nc3ncc4c(=O)n(-c5c(Cl)cccc5Cl)c5nccn5c4n3)ccc2C1(C)C. The van der Waals surface area contributed by atoms with Crippen molar-refractivity contribution in [3.8, 4) is 5.69 Å². The molecule has 0 spiro atoms. The largest absolute Gasteiger partial charge is 0.324 e. The van der Waals surface area contributed by atoms with Crippen molar-refractivity contribution in [2.24, 2.45) is 0 Å². The van der Waals surface area contributed by atoms with Gasteiger partial charge < -0.3 is 5.32 Å². The minimum Gasteiger partial charge on any atom is -0.324 e. The Morgan fingerprint density at radius 1 is 1.08 bits per heavy atom. The summed E-state index contributed by atoms with van der Waals surface area (Å²) < 4.78 is 3.13. The van der Waals surface area contributed by atoms with E-state index in [0.29, 0.717) is 38.5 Å². The van der Waals surface area contributed by atoms with Crippen LogP contribution in [0.4, 0.5) is 11.6 Å². The van der Waals surface area contributed by atoms with E-state index in [1.54, 1.807) is 35.0 Å². The lowest BCUT2D eigenvalue weighted by Gasteiger charge is -2.41. The monoisotopic (exact) mass is 519 g/mol. The summed E-state index contributed by atoms with van der Waals surface area (Å²) in [4.78, 5) is 29.4. The Hall–Kier alpha value is -3.46. The second kappa shape index (κ2) is 8.30. The molecule has 6 rings (SSSR count). The first-order chi connectivity index (χ1) is 17.3. The molecule has 2 aromatic carbocycles. The quantitative estimate of drug-likeness (QED) is 0.352. The van der Waals surface area contributed by atoms with Gasteiger partial charge in [0.15, 0.2) is 5.65 Å². The Morgan fingerprint density at radius 3 is 2.64 bits per heavy atom. The molecule has 3 aromatic heterocycles. The number of imidazole rings is 1. The predicted octanol–water partition coefficient (Wildman–Crippen LogP) is 5.20. The van der Waals surface area contributed by atoms with Crippen molar-refractivity contribution in [3.63, 3.8) is 0 Å². The number of benzene rings is 2. The molecule has 36 heavy (non-hydrogen) atoms. The van der Waals surface area contributed by atoms with Crippen LogP contribution in [0.1, 0.15) is 25.0 Å². The fourth-order valence-corrected chi connectivity index (χ4v) is 5.45. The highest BCUT2D eigenvalue weighted by Crippen LogP contribution is 2.35. The number of aromatic nitrogens is 5. The summed E-state index contributed by atoms with van der Waals surface area (Å²) in [6.07, 6.45) is 5.84. The van der Waals surface area contributed by atoms with Gasteiger partial charge in [-0.3, -0.25) is 14.1 Å². The molecule has 8 nitrogen and oxygen atoms in total. The van der Waals surface area contributed by atoms with Crippen molar-refractivity contribution in [1.29, 1.82) is 0 Å². The van der Waals surface area contributed by atoms with E-state index in [4.69, 9.17) is 23.2 Å². The van der Waals surface area contributed by atoms with Crippen molar-refractivity contribution in [2.75, 3.05) is 18.9 Å². The van der Waals surface area contributed by atoms with Gasteiger partial charge in [-0.05, 0) is 62.7 Å². The van der Waals surface area contributed by atoms with Crippen molar-refractivity contribution >= 4 is 51.6 Å². The third-order valence-corrected chi connectivity index (χ3v) is 7.71. The van der Waals surface area contributed by atoms with Crippen LogP contribution in [-0.2, 0) is 12.0 Å². The maximum atomic E-state index is 13.6. The zero-order chi connectivity index (χ0) is 25.2. The normalized spacial score (nSPS) is 15.4. The van der Waals surface area contributed by atoms with Crippen molar-refractivity contribution in [1.82, 2.24) is 28.8 Å². The highest BCUT2D eigenvalue weighted by atomic mass is 35.5. The number of likely N-dealkylation sites (N-methyl/N-ethyl adjacent to an activating group) is 1. The van der Waals surface area contributed by atoms with Crippen LogP contribution in [0.25, 0.3) is 22.5 Å². The Kier molecular flexibility index (Phi) is 5.29. The smallest absolute Gasteiger partial charge is 0.270 e. The highest BCUT2D eigenvalue weighted by molar-refractivity contribution is 6.37. The third kappa shape index (κ3) is 3.48. The van der Waals surface area contributed by atoms with Crippen LogP contribution in [0.3, 0.4) is 0 Å². The topological polar surface area (TPSA) is 80.4 Å². The zero-order valence-corrected chi connectivity index (χ0v) is 21.5. The zero-order valence-electron chi connectivity index (χ0n) is 20.0. The molecule has 0 unspecified atom stereocenters. The summed E-state index contributed by atoms with van der Waals surface area (Å²) in [7, 11) is 2.16. The number of rotatable bonds is 3. The van der Waals surface area contributed by atoms with Gasteiger partial charge in [0.05, 0.1) is 15.7 Å². The van der Waals surface area contributed by atoms with Gasteiger partial charge >= 0.3 is 0 Å². The first-order valence-electron chi connectivity index (χ1n) is 11.6. The lowest BCUT2D eigenvalue weighted by Crippen LogP contribution is -2.43. The van der Waals surface area contributed by atoms with E-state index in [-0.39, 0.29) is 11.1 Å². The van der Waals surface area contributed by atoms with Gasteiger partial charge in [0.2, 0.25) is 11.7 Å². The molecule has 0 radical (unpaired) electrons. The molecule has 1 aliphatic heterocycles. The van der Waals surface area contributed by atoms with E-state index in [1.165, 1.54) is 21.9 Å². The van der Waals surface area contributed by atoms with E-state index in [0.717, 1.165) is 18.7 Å². The molecule has 0 bridgehead atoms. The molecule has 1 N–H and O–H groups in total. The second-order valence-corrected chi connectivity index (χ2v) is 10.3. The maximum Gasteiger partial charge on any atom is 0.270 e. The summed E-state index contributed by atoms with van der Waals surface area (Å²) >= 11 is 12.8. The lowest BCUT2D eigenvalue weighted by atomic mass is 9.83. The Morgan fingerprint density at radius 2 is 1.86 bits per heavy atom. The number of hydrogen-bond acceptors (Lipinski definition) is 6. The van der Waals surface area contributed by atoms with Crippen LogP contribution in [0.2, 0.25) is 10.0 Å². The minimum absolute atomic E-state index is 0.0248. The minimum atomic E-state index is -0.356. The highest BCUT2D eigenvalue weighted by Gasteiger charge is 2.31. The van der Waals surface area contributed by atoms with E-state index in [1.807, 2.05) is 6.07 Å². The predicted molar refractivity (Wildman–Crippen MR) is 143 cm³/mol. The van der Waals surface area contributed by atoms with E-state index in [9.17, 15) is 4.79 Å². The molecule has 10 heteroatoms. The van der Waals surface area contributed by atoms with Crippen LogP contribution in [0.15, 0.2) is 59.8 Å². The molecular formula is C26H23Cl2N7O. The Labute approximate surface area is 217 Å². The number of hydrogen-bond donors (Lipinski definition) is 1. The fourth-order valence-electron chi connectivity index (χ4n) is 4.89. The van der Waals surface area contributed by atoms with Crippen molar-refractivity contribution in [3.05, 3.63) is 86.5 Å². The number of nitrogens with one attached hydrogen (secondary N) is 1. The molecule has 5 aromatic rings. The van der Waals surface area contributed by atoms with Crippen molar-refractivity contribution in [2.45, 2.75) is 25.8 Å². The molecule has 0 aliphatic carbocycles. The van der Waals surface area contributed by atoms with Gasteiger partial charge in [0.1, 0.15) is 5.39 Å². The van der Waals surface area contributed by atoms with Crippen LogP contribution in [0.5, 0.6) is 0 Å². The Bertz CT molecular complexity index is 1700. The average molecular weight is 520 g/mol. The van der Waals surface area contributed by atoms with Gasteiger partial charge in [0, 0.05) is 36.4 Å². The van der Waals surface area contributed by atoms with Crippen molar-refractivity contribution < 1.29 is 0 Å². The molecule has 0 saturated heterocycles. The van der Waals surface area contributed by atoms with Gasteiger partial charge in [0.25, 0.3) is 5.56 Å². The fraction of sp³-hybridized carbons (Fsp3) is 0.231. The van der Waals surface area contributed by atoms with Crippen LogP contribution < -0.4 is 10.9 Å². The summed E-state index contributed by atoms with van der Waals surface area (Å²) in [5.74, 6) is 0.741. The first kappa shape index (κ1) is 23.0. The molecule has 0 fully saturated rings. The van der Waals surface area contributed by atoms with E-state index >= 15 is 0 Å².